The lowest BCUT2D eigenvalue weighted by molar-refractivity contribution is -0.134. The molecule has 1 heterocycles. The van der Waals surface area contributed by atoms with Crippen LogP contribution in [0, 0.1) is 5.82 Å². The van der Waals surface area contributed by atoms with E-state index in [1.807, 2.05) is 18.2 Å². The summed E-state index contributed by atoms with van der Waals surface area (Å²) in [6, 6.07) is 19.2. The number of rotatable bonds is 6. The Kier molecular flexibility index (Phi) is 6.14. The number of carbonyl (C=O) groups excluding carboxylic acids is 1. The minimum atomic E-state index is -3.82. The number of benzene rings is 3. The minimum absolute atomic E-state index is 0.00423. The molecule has 1 aliphatic heterocycles. The van der Waals surface area contributed by atoms with Gasteiger partial charge in [0, 0.05) is 20.1 Å². The van der Waals surface area contributed by atoms with Gasteiger partial charge in [-0.2, -0.15) is 0 Å². The van der Waals surface area contributed by atoms with Crippen LogP contribution >= 0.6 is 0 Å². The fourth-order valence-electron chi connectivity index (χ4n) is 3.60. The topological polar surface area (TPSA) is 66.9 Å². The van der Waals surface area contributed by atoms with Crippen molar-refractivity contribution in [3.8, 4) is 5.75 Å². The van der Waals surface area contributed by atoms with Crippen LogP contribution in [0.15, 0.2) is 77.7 Å². The third-order valence-corrected chi connectivity index (χ3v) is 7.32. The second-order valence-electron chi connectivity index (χ2n) is 7.54. The Morgan fingerprint density at radius 2 is 1.66 bits per heavy atom. The van der Waals surface area contributed by atoms with Crippen molar-refractivity contribution in [3.63, 3.8) is 0 Å². The Labute approximate surface area is 186 Å². The molecule has 166 valence electrons. The molecule has 8 heteroatoms. The predicted octanol–water partition coefficient (Wildman–Crippen LogP) is 3.61. The van der Waals surface area contributed by atoms with E-state index in [-0.39, 0.29) is 17.4 Å². The molecule has 6 nitrogen and oxygen atoms in total. The molecule has 0 aliphatic carbocycles. The van der Waals surface area contributed by atoms with E-state index < -0.39 is 15.8 Å². The van der Waals surface area contributed by atoms with Gasteiger partial charge < -0.3 is 9.64 Å². The third-order valence-electron chi connectivity index (χ3n) is 5.52. The van der Waals surface area contributed by atoms with Crippen molar-refractivity contribution in [2.24, 2.45) is 0 Å². The molecule has 3 aromatic carbocycles. The number of sulfonamides is 1. The van der Waals surface area contributed by atoms with Crippen molar-refractivity contribution in [1.82, 2.24) is 4.90 Å². The summed E-state index contributed by atoms with van der Waals surface area (Å²) in [6.07, 6.45) is 0.825. The van der Waals surface area contributed by atoms with E-state index >= 15 is 0 Å². The molecule has 0 saturated carbocycles. The normalized spacial score (nSPS) is 13.4. The van der Waals surface area contributed by atoms with Gasteiger partial charge in [0.15, 0.2) is 6.61 Å². The SMILES string of the molecule is CN(c1ccc(OCC(=O)N2CCc3ccccc3C2)cc1)S(=O)(=O)c1ccc(F)cc1. The predicted molar refractivity (Wildman–Crippen MR) is 119 cm³/mol. The molecule has 0 fully saturated rings. The number of carbonyl (C=O) groups is 1. The molecule has 0 aromatic heterocycles. The van der Waals surface area contributed by atoms with Crippen LogP contribution < -0.4 is 9.04 Å². The minimum Gasteiger partial charge on any atom is -0.484 e. The van der Waals surface area contributed by atoms with Gasteiger partial charge in [-0.25, -0.2) is 12.8 Å². The van der Waals surface area contributed by atoms with Gasteiger partial charge in [0.1, 0.15) is 11.6 Å². The van der Waals surface area contributed by atoms with Crippen LogP contribution in [0.3, 0.4) is 0 Å². The van der Waals surface area contributed by atoms with Crippen molar-refractivity contribution in [2.75, 3.05) is 24.5 Å². The molecular weight excluding hydrogens is 431 g/mol. The van der Waals surface area contributed by atoms with Crippen molar-refractivity contribution in [2.45, 2.75) is 17.9 Å². The fourth-order valence-corrected chi connectivity index (χ4v) is 4.80. The second kappa shape index (κ2) is 9.00. The van der Waals surface area contributed by atoms with Crippen LogP contribution in [0.2, 0.25) is 0 Å². The zero-order valence-corrected chi connectivity index (χ0v) is 18.4. The Bertz CT molecular complexity index is 1210. The Hall–Kier alpha value is -3.39. The van der Waals surface area contributed by atoms with E-state index in [0.29, 0.717) is 24.5 Å². The van der Waals surface area contributed by atoms with Gasteiger partial charge in [0.05, 0.1) is 10.6 Å². The molecule has 0 unspecified atom stereocenters. The van der Waals surface area contributed by atoms with Crippen LogP contribution in [-0.4, -0.2) is 39.4 Å². The van der Waals surface area contributed by atoms with Crippen molar-refractivity contribution < 1.29 is 22.3 Å². The largest absolute Gasteiger partial charge is 0.484 e. The van der Waals surface area contributed by atoms with Gasteiger partial charge in [-0.1, -0.05) is 24.3 Å². The molecule has 0 bridgehead atoms. The van der Waals surface area contributed by atoms with Crippen molar-refractivity contribution in [3.05, 3.63) is 89.7 Å². The van der Waals surface area contributed by atoms with Gasteiger partial charge in [-0.15, -0.1) is 0 Å². The van der Waals surface area contributed by atoms with Gasteiger partial charge in [-0.05, 0) is 66.1 Å². The first-order chi connectivity index (χ1) is 15.3. The summed E-state index contributed by atoms with van der Waals surface area (Å²) in [5.74, 6) is -0.136. The highest BCUT2D eigenvalue weighted by atomic mass is 32.2. The fraction of sp³-hybridized carbons (Fsp3) is 0.208. The first-order valence-corrected chi connectivity index (χ1v) is 11.6. The Morgan fingerprint density at radius 3 is 2.34 bits per heavy atom. The number of hydrogen-bond acceptors (Lipinski definition) is 4. The third kappa shape index (κ3) is 4.60. The molecule has 3 aromatic rings. The molecule has 0 atom stereocenters. The number of hydrogen-bond donors (Lipinski definition) is 0. The zero-order valence-electron chi connectivity index (χ0n) is 17.6. The first-order valence-electron chi connectivity index (χ1n) is 10.2. The molecular formula is C24H23FN2O4S. The number of amides is 1. The Morgan fingerprint density at radius 1 is 1.00 bits per heavy atom. The van der Waals surface area contributed by atoms with Crippen LogP contribution in [0.1, 0.15) is 11.1 Å². The number of fused-ring (bicyclic) bond motifs is 1. The summed E-state index contributed by atoms with van der Waals surface area (Å²) in [6.45, 7) is 1.14. The van der Waals surface area contributed by atoms with E-state index in [0.717, 1.165) is 28.4 Å². The molecule has 0 N–H and O–H groups in total. The summed E-state index contributed by atoms with van der Waals surface area (Å²) < 4.78 is 45.3. The monoisotopic (exact) mass is 454 g/mol. The van der Waals surface area contributed by atoms with E-state index in [9.17, 15) is 17.6 Å². The second-order valence-corrected chi connectivity index (χ2v) is 9.51. The number of ether oxygens (including phenoxy) is 1. The molecule has 4 rings (SSSR count). The van der Waals surface area contributed by atoms with Gasteiger partial charge in [0.2, 0.25) is 0 Å². The summed E-state index contributed by atoms with van der Waals surface area (Å²) in [5.41, 5.74) is 2.84. The smallest absolute Gasteiger partial charge is 0.264 e. The van der Waals surface area contributed by atoms with E-state index in [1.165, 1.54) is 24.7 Å². The highest BCUT2D eigenvalue weighted by Crippen LogP contribution is 2.25. The van der Waals surface area contributed by atoms with Crippen LogP contribution in [0.25, 0.3) is 0 Å². The molecule has 1 amide bonds. The van der Waals surface area contributed by atoms with Crippen LogP contribution in [0.4, 0.5) is 10.1 Å². The molecule has 32 heavy (non-hydrogen) atoms. The average molecular weight is 455 g/mol. The number of anilines is 1. The highest BCUT2D eigenvalue weighted by molar-refractivity contribution is 7.92. The molecule has 0 radical (unpaired) electrons. The lowest BCUT2D eigenvalue weighted by Crippen LogP contribution is -2.38. The standard InChI is InChI=1S/C24H23FN2O4S/c1-26(32(29,30)23-12-6-20(25)7-13-23)21-8-10-22(11-9-21)31-17-24(28)27-15-14-18-4-2-3-5-19(18)16-27/h2-13H,14-17H2,1H3. The van der Waals surface area contributed by atoms with Crippen LogP contribution in [-0.2, 0) is 27.8 Å². The van der Waals surface area contributed by atoms with Crippen molar-refractivity contribution >= 4 is 21.6 Å². The lowest BCUT2D eigenvalue weighted by atomic mass is 10.00. The summed E-state index contributed by atoms with van der Waals surface area (Å²) in [7, 11) is -2.40. The van der Waals surface area contributed by atoms with E-state index in [4.69, 9.17) is 4.74 Å². The molecule has 0 saturated heterocycles. The average Bonchev–Trinajstić information content (AvgIpc) is 2.82. The van der Waals surface area contributed by atoms with Crippen LogP contribution in [0.5, 0.6) is 5.75 Å². The summed E-state index contributed by atoms with van der Waals surface area (Å²) in [5, 5.41) is 0. The quantitative estimate of drug-likeness (QED) is 0.571. The summed E-state index contributed by atoms with van der Waals surface area (Å²) >= 11 is 0. The maximum absolute atomic E-state index is 13.1. The lowest BCUT2D eigenvalue weighted by Gasteiger charge is -2.28. The van der Waals surface area contributed by atoms with Gasteiger partial charge in [-0.3, -0.25) is 9.10 Å². The molecule has 1 aliphatic rings. The number of halogens is 1. The van der Waals surface area contributed by atoms with E-state index in [2.05, 4.69) is 6.07 Å². The van der Waals surface area contributed by atoms with Gasteiger partial charge in [0.25, 0.3) is 15.9 Å². The maximum atomic E-state index is 13.1. The summed E-state index contributed by atoms with van der Waals surface area (Å²) in [4.78, 5) is 14.3. The zero-order chi connectivity index (χ0) is 22.7. The van der Waals surface area contributed by atoms with Gasteiger partial charge >= 0.3 is 0 Å². The van der Waals surface area contributed by atoms with E-state index in [1.54, 1.807) is 29.2 Å². The highest BCUT2D eigenvalue weighted by Gasteiger charge is 2.22. The molecule has 0 spiro atoms. The maximum Gasteiger partial charge on any atom is 0.264 e. The number of nitrogens with zero attached hydrogens (tertiary/aromatic N) is 2. The van der Waals surface area contributed by atoms with Crippen molar-refractivity contribution in [1.29, 1.82) is 0 Å². The first kappa shape index (κ1) is 21.8. The Balaban J connectivity index is 1.37.